The Bertz CT molecular complexity index is 493. The van der Waals surface area contributed by atoms with Gasteiger partial charge in [0.15, 0.2) is 0 Å². The Morgan fingerprint density at radius 3 is 2.63 bits per heavy atom. The van der Waals surface area contributed by atoms with Gasteiger partial charge in [0.25, 0.3) is 5.69 Å². The molecule has 2 rings (SSSR count). The topological polar surface area (TPSA) is 113 Å². The van der Waals surface area contributed by atoms with Crippen molar-refractivity contribution < 1.29 is 19.9 Å². The van der Waals surface area contributed by atoms with Crippen molar-refractivity contribution in [3.8, 4) is 0 Å². The number of anilines is 1. The summed E-state index contributed by atoms with van der Waals surface area (Å²) >= 11 is 0. The van der Waals surface area contributed by atoms with Gasteiger partial charge in [0.05, 0.1) is 16.1 Å². The number of rotatable bonds is 5. The molecule has 0 atom stereocenters. The highest BCUT2D eigenvalue weighted by Gasteiger charge is 2.35. The van der Waals surface area contributed by atoms with E-state index in [1.807, 2.05) is 0 Å². The van der Waals surface area contributed by atoms with E-state index in [4.69, 9.17) is 5.11 Å². The number of nitro groups is 1. The van der Waals surface area contributed by atoms with E-state index in [1.54, 1.807) is 0 Å². The highest BCUT2D eigenvalue weighted by Crippen LogP contribution is 2.34. The Labute approximate surface area is 109 Å². The SMILES string of the molecule is O=C(O)c1cccc([N+](=O)[O-])c1NCC1(O)CCC1. The number of benzene rings is 1. The van der Waals surface area contributed by atoms with Crippen molar-refractivity contribution in [2.75, 3.05) is 11.9 Å². The fraction of sp³-hybridized carbons (Fsp3) is 0.417. The fourth-order valence-corrected chi connectivity index (χ4v) is 2.07. The van der Waals surface area contributed by atoms with Crippen LogP contribution in [-0.4, -0.2) is 33.3 Å². The molecule has 3 N–H and O–H groups in total. The van der Waals surface area contributed by atoms with E-state index >= 15 is 0 Å². The largest absolute Gasteiger partial charge is 0.478 e. The second-order valence-corrected chi connectivity index (χ2v) is 4.69. The summed E-state index contributed by atoms with van der Waals surface area (Å²) in [6.45, 7) is 0.109. The summed E-state index contributed by atoms with van der Waals surface area (Å²) < 4.78 is 0. The molecule has 0 saturated heterocycles. The van der Waals surface area contributed by atoms with E-state index in [-0.39, 0.29) is 23.5 Å². The second-order valence-electron chi connectivity index (χ2n) is 4.69. The molecule has 0 spiro atoms. The maximum atomic E-state index is 11.1. The summed E-state index contributed by atoms with van der Waals surface area (Å²) in [5.74, 6) is -1.24. The monoisotopic (exact) mass is 266 g/mol. The van der Waals surface area contributed by atoms with Gasteiger partial charge in [-0.1, -0.05) is 6.07 Å². The number of hydrogen-bond donors (Lipinski definition) is 3. The lowest BCUT2D eigenvalue weighted by atomic mass is 9.80. The number of nitro benzene ring substituents is 1. The molecule has 1 fully saturated rings. The van der Waals surface area contributed by atoms with E-state index in [0.717, 1.165) is 6.42 Å². The average Bonchev–Trinajstić information content (AvgIpc) is 2.33. The van der Waals surface area contributed by atoms with E-state index in [9.17, 15) is 20.0 Å². The minimum atomic E-state index is -1.24. The van der Waals surface area contributed by atoms with Gasteiger partial charge in [-0.3, -0.25) is 10.1 Å². The predicted octanol–water partition coefficient (Wildman–Crippen LogP) is 1.62. The molecule has 1 saturated carbocycles. The van der Waals surface area contributed by atoms with Crippen LogP contribution in [0.1, 0.15) is 29.6 Å². The van der Waals surface area contributed by atoms with Gasteiger partial charge in [-0.2, -0.15) is 0 Å². The molecule has 1 aliphatic carbocycles. The first-order chi connectivity index (χ1) is 8.93. The van der Waals surface area contributed by atoms with Gasteiger partial charge in [0.2, 0.25) is 0 Å². The van der Waals surface area contributed by atoms with Crippen LogP contribution in [0.4, 0.5) is 11.4 Å². The van der Waals surface area contributed by atoms with E-state index in [1.165, 1.54) is 18.2 Å². The molecule has 0 heterocycles. The first-order valence-electron chi connectivity index (χ1n) is 5.90. The molecular weight excluding hydrogens is 252 g/mol. The molecule has 7 heteroatoms. The summed E-state index contributed by atoms with van der Waals surface area (Å²) in [7, 11) is 0. The predicted molar refractivity (Wildman–Crippen MR) is 67.3 cm³/mol. The normalized spacial score (nSPS) is 16.5. The zero-order chi connectivity index (χ0) is 14.0. The number of hydrogen-bond acceptors (Lipinski definition) is 5. The van der Waals surface area contributed by atoms with Crippen LogP contribution in [0, 0.1) is 10.1 Å². The Kier molecular flexibility index (Phi) is 3.39. The Hall–Kier alpha value is -2.15. The van der Waals surface area contributed by atoms with Crippen molar-refractivity contribution in [3.05, 3.63) is 33.9 Å². The highest BCUT2D eigenvalue weighted by atomic mass is 16.6. The second kappa shape index (κ2) is 4.85. The summed E-state index contributed by atoms with van der Waals surface area (Å²) in [5, 5.41) is 32.6. The van der Waals surface area contributed by atoms with Crippen LogP contribution in [0.2, 0.25) is 0 Å². The lowest BCUT2D eigenvalue weighted by Crippen LogP contribution is -2.43. The number of nitrogens with one attached hydrogen (secondary N) is 1. The highest BCUT2D eigenvalue weighted by molar-refractivity contribution is 5.96. The summed E-state index contributed by atoms with van der Waals surface area (Å²) in [6, 6.07) is 3.85. The van der Waals surface area contributed by atoms with Crippen LogP contribution < -0.4 is 5.32 Å². The summed E-state index contributed by atoms with van der Waals surface area (Å²) in [6.07, 6.45) is 2.13. The van der Waals surface area contributed by atoms with Crippen LogP contribution in [0.25, 0.3) is 0 Å². The molecule has 0 unspecified atom stereocenters. The number of aromatic carboxylic acids is 1. The van der Waals surface area contributed by atoms with E-state index in [0.29, 0.717) is 12.8 Å². The van der Waals surface area contributed by atoms with Gasteiger partial charge in [-0.15, -0.1) is 0 Å². The van der Waals surface area contributed by atoms with Gasteiger partial charge >= 0.3 is 5.97 Å². The summed E-state index contributed by atoms with van der Waals surface area (Å²) in [4.78, 5) is 21.4. The third kappa shape index (κ3) is 2.65. The molecule has 0 amide bonds. The molecule has 0 aliphatic heterocycles. The molecule has 1 aliphatic rings. The van der Waals surface area contributed by atoms with Gasteiger partial charge in [-0.05, 0) is 25.3 Å². The molecule has 102 valence electrons. The van der Waals surface area contributed by atoms with Crippen LogP contribution >= 0.6 is 0 Å². The average molecular weight is 266 g/mol. The van der Waals surface area contributed by atoms with Crippen LogP contribution in [0.5, 0.6) is 0 Å². The zero-order valence-corrected chi connectivity index (χ0v) is 10.1. The lowest BCUT2D eigenvalue weighted by molar-refractivity contribution is -0.384. The molecule has 1 aromatic rings. The smallest absolute Gasteiger partial charge is 0.338 e. The number of carbonyl (C=O) groups is 1. The molecule has 1 aromatic carbocycles. The molecule has 0 aromatic heterocycles. The minimum absolute atomic E-state index is 0.0553. The first kappa shape index (κ1) is 13.3. The van der Waals surface area contributed by atoms with E-state index in [2.05, 4.69) is 5.32 Å². The number of nitrogens with zero attached hydrogens (tertiary/aromatic N) is 1. The number of para-hydroxylation sites is 1. The van der Waals surface area contributed by atoms with Crippen molar-refractivity contribution in [2.24, 2.45) is 0 Å². The standard InChI is InChI=1S/C12H14N2O5/c15-11(16)8-3-1-4-9(14(18)19)10(8)13-7-12(17)5-2-6-12/h1,3-4,13,17H,2,5-7H2,(H,15,16). The van der Waals surface area contributed by atoms with Gasteiger partial charge in [0.1, 0.15) is 5.69 Å². The maximum Gasteiger partial charge on any atom is 0.338 e. The summed E-state index contributed by atoms with van der Waals surface area (Å²) in [5.41, 5.74) is -1.42. The van der Waals surface area contributed by atoms with Crippen LogP contribution in [-0.2, 0) is 0 Å². The van der Waals surface area contributed by atoms with Crippen molar-refractivity contribution in [1.29, 1.82) is 0 Å². The van der Waals surface area contributed by atoms with E-state index < -0.39 is 16.5 Å². The first-order valence-corrected chi connectivity index (χ1v) is 5.90. The number of carboxylic acids is 1. The third-order valence-electron chi connectivity index (χ3n) is 3.35. The third-order valence-corrected chi connectivity index (χ3v) is 3.35. The minimum Gasteiger partial charge on any atom is -0.478 e. The van der Waals surface area contributed by atoms with Crippen LogP contribution in [0.3, 0.4) is 0 Å². The van der Waals surface area contributed by atoms with Crippen LogP contribution in [0.15, 0.2) is 18.2 Å². The Balaban J connectivity index is 2.29. The van der Waals surface area contributed by atoms with Crippen molar-refractivity contribution in [2.45, 2.75) is 24.9 Å². The van der Waals surface area contributed by atoms with Crippen molar-refractivity contribution >= 4 is 17.3 Å². The van der Waals surface area contributed by atoms with Crippen molar-refractivity contribution in [3.63, 3.8) is 0 Å². The molecule has 7 nitrogen and oxygen atoms in total. The van der Waals surface area contributed by atoms with Gasteiger partial charge in [-0.25, -0.2) is 4.79 Å². The zero-order valence-electron chi connectivity index (χ0n) is 10.1. The Morgan fingerprint density at radius 1 is 1.47 bits per heavy atom. The van der Waals surface area contributed by atoms with Crippen molar-refractivity contribution in [1.82, 2.24) is 0 Å². The molecular formula is C12H14N2O5. The van der Waals surface area contributed by atoms with Gasteiger partial charge in [0, 0.05) is 12.6 Å². The number of aliphatic hydroxyl groups is 1. The lowest BCUT2D eigenvalue weighted by Gasteiger charge is -2.36. The Morgan fingerprint density at radius 2 is 2.16 bits per heavy atom. The fourth-order valence-electron chi connectivity index (χ4n) is 2.07. The molecule has 19 heavy (non-hydrogen) atoms. The molecule has 0 radical (unpaired) electrons. The van der Waals surface area contributed by atoms with Gasteiger partial charge < -0.3 is 15.5 Å². The molecule has 0 bridgehead atoms. The number of carboxylic acid groups (broad SMARTS) is 1. The quantitative estimate of drug-likeness (QED) is 0.551. The maximum absolute atomic E-state index is 11.1.